The zero-order valence-corrected chi connectivity index (χ0v) is 7.45. The van der Waals surface area contributed by atoms with Crippen LogP contribution >= 0.6 is 24.4 Å². The molecule has 1 fully saturated rings. The van der Waals surface area contributed by atoms with Crippen LogP contribution in [0.25, 0.3) is 0 Å². The van der Waals surface area contributed by atoms with Crippen molar-refractivity contribution in [1.82, 2.24) is 16.2 Å². The number of hydrogen-bond donors (Lipinski definition) is 3. The molecule has 0 radical (unpaired) electrons. The third-order valence-electron chi connectivity index (χ3n) is 1.28. The molecule has 0 amide bonds. The molecule has 0 aromatic rings. The second-order valence-corrected chi connectivity index (χ2v) is 3.47. The summed E-state index contributed by atoms with van der Waals surface area (Å²) in [6, 6.07) is 0. The summed E-state index contributed by atoms with van der Waals surface area (Å²) in [6.45, 7) is 3.94. The summed E-state index contributed by atoms with van der Waals surface area (Å²) in [5.74, 6) is 0. The molecule has 3 N–H and O–H groups in total. The van der Waals surface area contributed by atoms with Gasteiger partial charge >= 0.3 is 0 Å². The number of thiocarbonyl (C=S) groups is 2. The van der Waals surface area contributed by atoms with Crippen LogP contribution in [0.3, 0.4) is 0 Å². The van der Waals surface area contributed by atoms with Gasteiger partial charge in [0.05, 0.1) is 5.54 Å². The molecule has 0 spiro atoms. The molecule has 0 aliphatic carbocycles. The van der Waals surface area contributed by atoms with Gasteiger partial charge in [0.15, 0.2) is 5.11 Å². The molecule has 1 aliphatic heterocycles. The number of hydrogen-bond acceptors (Lipinski definition) is 3. The molecule has 10 heavy (non-hydrogen) atoms. The van der Waals surface area contributed by atoms with Gasteiger partial charge in [-0.1, -0.05) is 12.2 Å². The lowest BCUT2D eigenvalue weighted by atomic mass is 10.1. The van der Waals surface area contributed by atoms with Gasteiger partial charge in [0, 0.05) is 0 Å². The van der Waals surface area contributed by atoms with Crippen LogP contribution in [0, 0.1) is 0 Å². The second-order valence-electron chi connectivity index (χ2n) is 2.66. The number of nitrogens with one attached hydrogen (secondary N) is 3. The topological polar surface area (TPSA) is 36.1 Å². The summed E-state index contributed by atoms with van der Waals surface area (Å²) < 4.78 is 0. The first-order valence-electron chi connectivity index (χ1n) is 2.91. The quantitative estimate of drug-likeness (QED) is 0.454. The van der Waals surface area contributed by atoms with Gasteiger partial charge in [0.25, 0.3) is 0 Å². The van der Waals surface area contributed by atoms with Gasteiger partial charge in [-0.3, -0.25) is 5.43 Å². The van der Waals surface area contributed by atoms with Gasteiger partial charge in [-0.25, -0.2) is 5.43 Å². The number of hydrazine groups is 1. The van der Waals surface area contributed by atoms with Crippen molar-refractivity contribution >= 4 is 34.5 Å². The van der Waals surface area contributed by atoms with Crippen LogP contribution < -0.4 is 16.2 Å². The average molecular weight is 175 g/mol. The van der Waals surface area contributed by atoms with Crippen molar-refractivity contribution in [1.29, 1.82) is 0 Å². The monoisotopic (exact) mass is 175 g/mol. The Morgan fingerprint density at radius 3 is 2.30 bits per heavy atom. The highest BCUT2D eigenvalue weighted by Gasteiger charge is 2.27. The Labute approximate surface area is 70.5 Å². The molecule has 1 aliphatic rings. The lowest BCUT2D eigenvalue weighted by Crippen LogP contribution is -2.66. The Bertz CT molecular complexity index is 187. The largest absolute Gasteiger partial charge is 0.325 e. The van der Waals surface area contributed by atoms with E-state index in [1.807, 2.05) is 13.8 Å². The van der Waals surface area contributed by atoms with Gasteiger partial charge in [-0.2, -0.15) is 0 Å². The molecule has 1 saturated heterocycles. The first-order chi connectivity index (χ1) is 4.52. The van der Waals surface area contributed by atoms with E-state index >= 15 is 0 Å². The molecule has 1 heterocycles. The Kier molecular flexibility index (Phi) is 1.89. The summed E-state index contributed by atoms with van der Waals surface area (Å²) in [6.07, 6.45) is 0. The fourth-order valence-electron chi connectivity index (χ4n) is 0.560. The van der Waals surface area contributed by atoms with E-state index in [9.17, 15) is 0 Å². The zero-order valence-electron chi connectivity index (χ0n) is 5.82. The molecule has 5 heteroatoms. The molecule has 0 unspecified atom stereocenters. The van der Waals surface area contributed by atoms with E-state index in [-0.39, 0.29) is 5.54 Å². The van der Waals surface area contributed by atoms with E-state index in [1.54, 1.807) is 0 Å². The van der Waals surface area contributed by atoms with Crippen LogP contribution in [-0.4, -0.2) is 15.6 Å². The minimum Gasteiger partial charge on any atom is -0.325 e. The average Bonchev–Trinajstić information content (AvgIpc) is 1.81. The van der Waals surface area contributed by atoms with Gasteiger partial charge in [0.1, 0.15) is 4.99 Å². The maximum atomic E-state index is 5.02. The molecule has 0 aromatic carbocycles. The van der Waals surface area contributed by atoms with Crippen LogP contribution in [0.4, 0.5) is 0 Å². The van der Waals surface area contributed by atoms with E-state index in [1.165, 1.54) is 0 Å². The van der Waals surface area contributed by atoms with Crippen molar-refractivity contribution in [3.8, 4) is 0 Å². The van der Waals surface area contributed by atoms with Crippen molar-refractivity contribution in [3.63, 3.8) is 0 Å². The summed E-state index contributed by atoms with van der Waals surface area (Å²) in [7, 11) is 0. The first kappa shape index (κ1) is 7.84. The van der Waals surface area contributed by atoms with Gasteiger partial charge in [-0.05, 0) is 26.1 Å². The SMILES string of the molecule is CC1(C)NNC(=S)NC1=S. The summed E-state index contributed by atoms with van der Waals surface area (Å²) in [5.41, 5.74) is 5.54. The van der Waals surface area contributed by atoms with Crippen molar-refractivity contribution in [2.75, 3.05) is 0 Å². The molecule has 0 saturated carbocycles. The third-order valence-corrected chi connectivity index (χ3v) is 2.10. The van der Waals surface area contributed by atoms with Crippen molar-refractivity contribution in [3.05, 3.63) is 0 Å². The summed E-state index contributed by atoms with van der Waals surface area (Å²) in [4.78, 5) is 0.719. The molecule has 1 rings (SSSR count). The first-order valence-corrected chi connectivity index (χ1v) is 3.72. The van der Waals surface area contributed by atoms with Crippen LogP contribution in [0.5, 0.6) is 0 Å². The van der Waals surface area contributed by atoms with Crippen LogP contribution in [0.2, 0.25) is 0 Å². The van der Waals surface area contributed by atoms with Gasteiger partial charge in [0.2, 0.25) is 0 Å². The van der Waals surface area contributed by atoms with E-state index in [4.69, 9.17) is 24.4 Å². The Balaban J connectivity index is 2.70. The lowest BCUT2D eigenvalue weighted by molar-refractivity contribution is 0.460. The van der Waals surface area contributed by atoms with E-state index in [0.717, 1.165) is 4.99 Å². The number of rotatable bonds is 0. The highest BCUT2D eigenvalue weighted by Crippen LogP contribution is 2.04. The Morgan fingerprint density at radius 1 is 1.30 bits per heavy atom. The van der Waals surface area contributed by atoms with Crippen LogP contribution in [0.1, 0.15) is 13.8 Å². The smallest absolute Gasteiger partial charge is 0.185 e. The molecule has 56 valence electrons. The predicted octanol–water partition coefficient (Wildman–Crippen LogP) is 0.0747. The standard InChI is InChI=1S/C5H9N3S2/c1-5(2)3(9)6-4(10)7-8-5/h8H,1-2H3,(H2,6,7,9,10). The molecular weight excluding hydrogens is 166 g/mol. The molecule has 3 nitrogen and oxygen atoms in total. The van der Waals surface area contributed by atoms with Gasteiger partial charge < -0.3 is 5.32 Å². The van der Waals surface area contributed by atoms with Crippen LogP contribution in [0.15, 0.2) is 0 Å². The summed E-state index contributed by atoms with van der Waals surface area (Å²) >= 11 is 9.83. The van der Waals surface area contributed by atoms with Gasteiger partial charge in [-0.15, -0.1) is 0 Å². The van der Waals surface area contributed by atoms with Crippen LogP contribution in [-0.2, 0) is 0 Å². The highest BCUT2D eigenvalue weighted by atomic mass is 32.1. The van der Waals surface area contributed by atoms with E-state index in [0.29, 0.717) is 5.11 Å². The molecule has 0 aromatic heterocycles. The second kappa shape index (κ2) is 2.41. The Hall–Kier alpha value is -0.260. The zero-order chi connectivity index (χ0) is 7.78. The minimum atomic E-state index is -0.211. The maximum absolute atomic E-state index is 5.02. The Morgan fingerprint density at radius 2 is 1.90 bits per heavy atom. The van der Waals surface area contributed by atoms with E-state index < -0.39 is 0 Å². The van der Waals surface area contributed by atoms with Crippen molar-refractivity contribution < 1.29 is 0 Å². The highest BCUT2D eigenvalue weighted by molar-refractivity contribution is 7.82. The van der Waals surface area contributed by atoms with Crippen molar-refractivity contribution in [2.24, 2.45) is 0 Å². The van der Waals surface area contributed by atoms with E-state index in [2.05, 4.69) is 16.2 Å². The lowest BCUT2D eigenvalue weighted by Gasteiger charge is -2.33. The molecular formula is C5H9N3S2. The minimum absolute atomic E-state index is 0.211. The normalized spacial score (nSPS) is 23.4. The molecule has 0 atom stereocenters. The predicted molar refractivity (Wildman–Crippen MR) is 48.7 cm³/mol. The third kappa shape index (κ3) is 1.42. The maximum Gasteiger partial charge on any atom is 0.185 e. The fraction of sp³-hybridized carbons (Fsp3) is 0.600. The molecule has 0 bridgehead atoms. The van der Waals surface area contributed by atoms with Crippen molar-refractivity contribution in [2.45, 2.75) is 19.4 Å². The summed E-state index contributed by atoms with van der Waals surface area (Å²) in [5, 5.41) is 3.39. The fourth-order valence-corrected chi connectivity index (χ4v) is 0.931.